The molecular weight excluding hydrogens is 404 g/mol. The molecule has 0 radical (unpaired) electrons. The summed E-state index contributed by atoms with van der Waals surface area (Å²) in [6, 6.07) is 10.5. The van der Waals surface area contributed by atoms with E-state index in [1.54, 1.807) is 14.0 Å². The summed E-state index contributed by atoms with van der Waals surface area (Å²) in [7, 11) is 1.62. The third kappa shape index (κ3) is 3.72. The van der Waals surface area contributed by atoms with Crippen molar-refractivity contribution < 1.29 is 9.53 Å². The van der Waals surface area contributed by atoms with Crippen molar-refractivity contribution in [1.82, 2.24) is 25.0 Å². The van der Waals surface area contributed by atoms with E-state index in [-0.39, 0.29) is 11.5 Å². The first-order valence-electron chi connectivity index (χ1n) is 9.00. The van der Waals surface area contributed by atoms with Gasteiger partial charge in [-0.05, 0) is 44.2 Å². The number of anilines is 1. The molecule has 30 heavy (non-hydrogen) atoms. The molecule has 2 N–H and O–H groups in total. The molecule has 1 amide bonds. The van der Waals surface area contributed by atoms with Gasteiger partial charge in [0.15, 0.2) is 10.9 Å². The highest BCUT2D eigenvalue weighted by Gasteiger charge is 2.18. The number of H-pyrrole nitrogens is 1. The Morgan fingerprint density at radius 1 is 1.17 bits per heavy atom. The molecule has 4 rings (SSSR count). The highest BCUT2D eigenvalue weighted by molar-refractivity contribution is 7.16. The van der Waals surface area contributed by atoms with E-state index in [0.29, 0.717) is 22.2 Å². The van der Waals surface area contributed by atoms with E-state index in [1.165, 1.54) is 34.3 Å². The SMILES string of the molecule is COc1ccc(-c2nc(NC(=O)c3cnn(-c4ccc(=O)[nH]n4)c3C)sc2C)cc1. The molecule has 0 fully saturated rings. The van der Waals surface area contributed by atoms with Crippen LogP contribution < -0.4 is 15.6 Å². The predicted molar refractivity (Wildman–Crippen MR) is 114 cm³/mol. The van der Waals surface area contributed by atoms with Crippen molar-refractivity contribution in [3.63, 3.8) is 0 Å². The number of aromatic amines is 1. The van der Waals surface area contributed by atoms with Crippen molar-refractivity contribution >= 4 is 22.4 Å². The van der Waals surface area contributed by atoms with Crippen LogP contribution in [-0.2, 0) is 0 Å². The molecule has 0 spiro atoms. The van der Waals surface area contributed by atoms with Crippen molar-refractivity contribution in [2.75, 3.05) is 12.4 Å². The van der Waals surface area contributed by atoms with Crippen molar-refractivity contribution in [1.29, 1.82) is 0 Å². The van der Waals surface area contributed by atoms with Crippen LogP contribution in [-0.4, -0.2) is 38.0 Å². The molecule has 4 aromatic rings. The molecule has 0 aliphatic rings. The van der Waals surface area contributed by atoms with Gasteiger partial charge in [0.25, 0.3) is 11.5 Å². The molecule has 3 aromatic heterocycles. The van der Waals surface area contributed by atoms with Gasteiger partial charge in [-0.15, -0.1) is 11.3 Å². The van der Waals surface area contributed by atoms with E-state index in [1.807, 2.05) is 31.2 Å². The highest BCUT2D eigenvalue weighted by Crippen LogP contribution is 2.31. The molecular formula is C20H18N6O3S. The topological polar surface area (TPSA) is 115 Å². The Kier molecular flexibility index (Phi) is 5.15. The molecule has 152 valence electrons. The predicted octanol–water partition coefficient (Wildman–Crippen LogP) is 2.96. The number of hydrogen-bond donors (Lipinski definition) is 2. The zero-order valence-electron chi connectivity index (χ0n) is 16.5. The van der Waals surface area contributed by atoms with Crippen LogP contribution in [0, 0.1) is 13.8 Å². The van der Waals surface area contributed by atoms with Gasteiger partial charge in [0.2, 0.25) is 0 Å². The molecule has 0 bridgehead atoms. The lowest BCUT2D eigenvalue weighted by molar-refractivity contribution is 0.102. The summed E-state index contributed by atoms with van der Waals surface area (Å²) >= 11 is 1.40. The fourth-order valence-corrected chi connectivity index (χ4v) is 3.78. The van der Waals surface area contributed by atoms with Crippen molar-refractivity contribution in [2.45, 2.75) is 13.8 Å². The fraction of sp³-hybridized carbons (Fsp3) is 0.150. The maximum atomic E-state index is 12.8. The third-order valence-electron chi connectivity index (χ3n) is 4.52. The zero-order valence-corrected chi connectivity index (χ0v) is 17.3. The second-order valence-corrected chi connectivity index (χ2v) is 7.64. The Hall–Kier alpha value is -3.79. The normalized spacial score (nSPS) is 10.8. The summed E-state index contributed by atoms with van der Waals surface area (Å²) in [4.78, 5) is 29.5. The van der Waals surface area contributed by atoms with Gasteiger partial charge in [-0.1, -0.05) is 0 Å². The average Bonchev–Trinajstić information content (AvgIpc) is 3.31. The van der Waals surface area contributed by atoms with E-state index < -0.39 is 0 Å². The number of nitrogens with zero attached hydrogens (tertiary/aromatic N) is 4. The van der Waals surface area contributed by atoms with Crippen LogP contribution >= 0.6 is 11.3 Å². The van der Waals surface area contributed by atoms with Gasteiger partial charge in [-0.3, -0.25) is 14.9 Å². The van der Waals surface area contributed by atoms with E-state index in [9.17, 15) is 9.59 Å². The van der Waals surface area contributed by atoms with Crippen LogP contribution in [0.4, 0.5) is 5.13 Å². The number of thiazole rings is 1. The Labute approximate surface area is 175 Å². The first-order valence-corrected chi connectivity index (χ1v) is 9.82. The number of hydrogen-bond acceptors (Lipinski definition) is 7. The Morgan fingerprint density at radius 2 is 1.93 bits per heavy atom. The third-order valence-corrected chi connectivity index (χ3v) is 5.40. The van der Waals surface area contributed by atoms with Crippen LogP contribution in [0.2, 0.25) is 0 Å². The summed E-state index contributed by atoms with van der Waals surface area (Å²) in [6.07, 6.45) is 1.46. The minimum atomic E-state index is -0.321. The highest BCUT2D eigenvalue weighted by atomic mass is 32.1. The van der Waals surface area contributed by atoms with Gasteiger partial charge >= 0.3 is 0 Å². The summed E-state index contributed by atoms with van der Waals surface area (Å²) in [5, 5.41) is 13.8. The van der Waals surface area contributed by atoms with Crippen LogP contribution in [0.1, 0.15) is 20.9 Å². The molecule has 0 saturated heterocycles. The number of methoxy groups -OCH3 is 1. The lowest BCUT2D eigenvalue weighted by Gasteiger charge is -2.04. The summed E-state index contributed by atoms with van der Waals surface area (Å²) in [6.45, 7) is 3.71. The number of carbonyl (C=O) groups is 1. The smallest absolute Gasteiger partial charge is 0.264 e. The van der Waals surface area contributed by atoms with Gasteiger partial charge in [0, 0.05) is 16.5 Å². The van der Waals surface area contributed by atoms with Crippen LogP contribution in [0.15, 0.2) is 47.4 Å². The standard InChI is InChI=1S/C20H18N6O3S/c1-11-15(10-21-26(11)16-8-9-17(27)25-24-16)19(28)23-20-22-18(12(2)30-20)13-4-6-14(29-3)7-5-13/h4-10H,1-3H3,(H,25,27)(H,22,23,28). The molecule has 0 saturated carbocycles. The van der Waals surface area contributed by atoms with Gasteiger partial charge in [0.05, 0.1) is 30.3 Å². The number of carbonyl (C=O) groups excluding carboxylic acids is 1. The lowest BCUT2D eigenvalue weighted by Crippen LogP contribution is -2.14. The second-order valence-electron chi connectivity index (χ2n) is 6.44. The van der Waals surface area contributed by atoms with E-state index in [2.05, 4.69) is 25.6 Å². The van der Waals surface area contributed by atoms with Gasteiger partial charge in [-0.25, -0.2) is 14.8 Å². The molecule has 0 unspecified atom stereocenters. The molecule has 1 aromatic carbocycles. The van der Waals surface area contributed by atoms with Crippen molar-refractivity contribution in [2.24, 2.45) is 0 Å². The minimum absolute atomic E-state index is 0.312. The summed E-state index contributed by atoms with van der Waals surface area (Å²) in [5.74, 6) is 0.862. The molecule has 9 nitrogen and oxygen atoms in total. The molecule has 3 heterocycles. The molecule has 0 aliphatic carbocycles. The average molecular weight is 422 g/mol. The number of rotatable bonds is 5. The number of nitrogens with one attached hydrogen (secondary N) is 2. The van der Waals surface area contributed by atoms with Crippen molar-refractivity contribution in [3.8, 4) is 22.8 Å². The fourth-order valence-electron chi connectivity index (χ4n) is 2.95. The number of amides is 1. The van der Waals surface area contributed by atoms with Crippen LogP contribution in [0.3, 0.4) is 0 Å². The summed E-state index contributed by atoms with van der Waals surface area (Å²) < 4.78 is 6.68. The van der Waals surface area contributed by atoms with Crippen molar-refractivity contribution in [3.05, 3.63) is 69.1 Å². The first-order chi connectivity index (χ1) is 14.5. The largest absolute Gasteiger partial charge is 0.497 e. The Balaban J connectivity index is 1.56. The van der Waals surface area contributed by atoms with E-state index >= 15 is 0 Å². The molecule has 0 aliphatic heterocycles. The lowest BCUT2D eigenvalue weighted by atomic mass is 10.1. The van der Waals surface area contributed by atoms with Gasteiger partial charge < -0.3 is 4.74 Å². The van der Waals surface area contributed by atoms with E-state index in [0.717, 1.165) is 21.9 Å². The second kappa shape index (κ2) is 7.91. The monoisotopic (exact) mass is 422 g/mol. The maximum absolute atomic E-state index is 12.8. The Bertz CT molecular complexity index is 1250. The van der Waals surface area contributed by atoms with Crippen LogP contribution in [0.5, 0.6) is 5.75 Å². The number of benzene rings is 1. The summed E-state index contributed by atoms with van der Waals surface area (Å²) in [5.41, 5.74) is 2.42. The maximum Gasteiger partial charge on any atom is 0.264 e. The molecule has 0 atom stereocenters. The van der Waals surface area contributed by atoms with E-state index in [4.69, 9.17) is 4.74 Å². The number of aromatic nitrogens is 5. The zero-order chi connectivity index (χ0) is 21.3. The van der Waals surface area contributed by atoms with Crippen LogP contribution in [0.25, 0.3) is 17.1 Å². The Morgan fingerprint density at radius 3 is 2.60 bits per heavy atom. The minimum Gasteiger partial charge on any atom is -0.497 e. The number of aryl methyl sites for hydroxylation is 1. The quantitative estimate of drug-likeness (QED) is 0.511. The first kappa shape index (κ1) is 19.5. The molecule has 10 heteroatoms. The number of ether oxygens (including phenoxy) is 1. The van der Waals surface area contributed by atoms with Gasteiger partial charge in [0.1, 0.15) is 5.75 Å². The van der Waals surface area contributed by atoms with Gasteiger partial charge in [-0.2, -0.15) is 10.2 Å².